The monoisotopic (exact) mass is 430 g/mol. The lowest BCUT2D eigenvalue weighted by molar-refractivity contribution is -0.127. The number of hydrogen-bond donors (Lipinski definition) is 2. The first-order valence-electron chi connectivity index (χ1n) is 11.4. The highest BCUT2D eigenvalue weighted by molar-refractivity contribution is 5.98. The van der Waals surface area contributed by atoms with Crippen LogP contribution in [0, 0.1) is 5.92 Å². The summed E-state index contributed by atoms with van der Waals surface area (Å²) in [7, 11) is 4.06. The maximum Gasteiger partial charge on any atom is 0.251 e. The number of rotatable bonds is 4. The molecule has 6 heteroatoms. The number of carbonyl (C=O) groups excluding carboxylic acids is 2. The van der Waals surface area contributed by atoms with Gasteiger partial charge in [0.1, 0.15) is 0 Å². The van der Waals surface area contributed by atoms with Gasteiger partial charge in [-0.25, -0.2) is 0 Å². The number of hydrogen-bond acceptors (Lipinski definition) is 3. The second kappa shape index (κ2) is 8.43. The number of aromatic nitrogens is 1. The van der Waals surface area contributed by atoms with Crippen molar-refractivity contribution >= 4 is 22.7 Å². The minimum atomic E-state index is -0.213. The van der Waals surface area contributed by atoms with Gasteiger partial charge in [0.05, 0.1) is 18.0 Å². The molecule has 32 heavy (non-hydrogen) atoms. The molecule has 3 aromatic rings. The largest absolute Gasteiger partial charge is 0.351 e. The van der Waals surface area contributed by atoms with E-state index in [-0.39, 0.29) is 29.8 Å². The Morgan fingerprint density at radius 1 is 1.03 bits per heavy atom. The second-order valence-corrected chi connectivity index (χ2v) is 9.27. The Balaban J connectivity index is 1.35. The summed E-state index contributed by atoms with van der Waals surface area (Å²) in [4.78, 5) is 28.5. The molecule has 1 aromatic heterocycles. The summed E-state index contributed by atoms with van der Waals surface area (Å²) in [5.74, 6) is -0.0215. The lowest BCUT2D eigenvalue weighted by Crippen LogP contribution is -2.48. The summed E-state index contributed by atoms with van der Waals surface area (Å²) in [6.07, 6.45) is 4.66. The smallest absolute Gasteiger partial charge is 0.251 e. The third-order valence-electron chi connectivity index (χ3n) is 6.99. The van der Waals surface area contributed by atoms with E-state index in [4.69, 9.17) is 0 Å². The molecule has 0 radical (unpaired) electrons. The van der Waals surface area contributed by atoms with Crippen LogP contribution in [-0.2, 0) is 18.3 Å². The maximum absolute atomic E-state index is 13.1. The van der Waals surface area contributed by atoms with Crippen molar-refractivity contribution in [2.24, 2.45) is 13.0 Å². The number of piperidine rings is 1. The van der Waals surface area contributed by atoms with Crippen molar-refractivity contribution in [3.8, 4) is 0 Å². The molecule has 1 aliphatic heterocycles. The number of carbonyl (C=O) groups is 2. The summed E-state index contributed by atoms with van der Waals surface area (Å²) in [5, 5.41) is 7.53. The molecule has 2 N–H and O–H groups in total. The molecule has 2 aromatic carbocycles. The van der Waals surface area contributed by atoms with Crippen LogP contribution in [0.5, 0.6) is 0 Å². The molecule has 1 aliphatic carbocycles. The normalized spacial score (nSPS) is 23.1. The highest BCUT2D eigenvalue weighted by Gasteiger charge is 2.36. The van der Waals surface area contributed by atoms with Gasteiger partial charge in [0.15, 0.2) is 0 Å². The van der Waals surface area contributed by atoms with E-state index in [9.17, 15) is 9.59 Å². The minimum Gasteiger partial charge on any atom is -0.351 e. The van der Waals surface area contributed by atoms with Gasteiger partial charge in [-0.1, -0.05) is 24.3 Å². The van der Waals surface area contributed by atoms with Crippen molar-refractivity contribution in [2.45, 2.75) is 31.3 Å². The number of nitrogens with zero attached hydrogens (tertiary/aromatic N) is 2. The van der Waals surface area contributed by atoms with E-state index in [1.165, 1.54) is 5.56 Å². The van der Waals surface area contributed by atoms with Crippen LogP contribution in [0.4, 0.5) is 0 Å². The van der Waals surface area contributed by atoms with Gasteiger partial charge >= 0.3 is 0 Å². The molecular formula is C26H30N4O2. The van der Waals surface area contributed by atoms with Gasteiger partial charge in [-0.05, 0) is 68.2 Å². The number of nitrogens with one attached hydrogen (secondary N) is 2. The molecule has 166 valence electrons. The predicted molar refractivity (Wildman–Crippen MR) is 125 cm³/mol. The minimum absolute atomic E-state index is 0.00153. The molecule has 1 fully saturated rings. The van der Waals surface area contributed by atoms with Crippen molar-refractivity contribution in [1.29, 1.82) is 0 Å². The van der Waals surface area contributed by atoms with Crippen molar-refractivity contribution < 1.29 is 9.59 Å². The van der Waals surface area contributed by atoms with E-state index >= 15 is 0 Å². The van der Waals surface area contributed by atoms with Gasteiger partial charge in [-0.2, -0.15) is 0 Å². The molecule has 5 rings (SSSR count). The zero-order valence-electron chi connectivity index (χ0n) is 18.7. The Hall–Kier alpha value is -3.12. The molecule has 2 aliphatic rings. The Bertz CT molecular complexity index is 1170. The van der Waals surface area contributed by atoms with Gasteiger partial charge in [0.2, 0.25) is 5.91 Å². The van der Waals surface area contributed by atoms with E-state index in [2.05, 4.69) is 34.7 Å². The molecule has 3 atom stereocenters. The van der Waals surface area contributed by atoms with Gasteiger partial charge in [-0.3, -0.25) is 9.59 Å². The van der Waals surface area contributed by atoms with E-state index < -0.39 is 0 Å². The van der Waals surface area contributed by atoms with Crippen LogP contribution in [0.15, 0.2) is 54.7 Å². The topological polar surface area (TPSA) is 66.4 Å². The summed E-state index contributed by atoms with van der Waals surface area (Å²) in [6.45, 7) is 1.83. The number of fused-ring (bicyclic) bond motifs is 2. The lowest BCUT2D eigenvalue weighted by Gasteiger charge is -2.31. The van der Waals surface area contributed by atoms with Gasteiger partial charge in [-0.15, -0.1) is 0 Å². The number of likely N-dealkylation sites (tertiary alicyclic amines) is 1. The lowest BCUT2D eigenvalue weighted by atomic mass is 9.96. The Morgan fingerprint density at radius 2 is 1.88 bits per heavy atom. The molecule has 1 saturated heterocycles. The van der Waals surface area contributed by atoms with Crippen molar-refractivity contribution in [1.82, 2.24) is 20.1 Å². The first-order valence-corrected chi connectivity index (χ1v) is 11.4. The molecule has 2 amide bonds. The standard InChI is InChI=1S/C26H30N4O2/c1-29-12-5-7-20(16-29)26(32)28-24-21-8-4-3-6-17(21)15-22(24)27-25(31)19-9-10-23-18(14-19)11-13-30(23)2/h3-4,6,8-11,13-14,20,22,24H,5,7,12,15-16H2,1-2H3,(H,27,31)(H,28,32)/t20-,22-,24-/m0/s1. The number of aryl methyl sites for hydroxylation is 1. The summed E-state index contributed by atoms with van der Waals surface area (Å²) >= 11 is 0. The van der Waals surface area contributed by atoms with Crippen molar-refractivity contribution in [3.05, 3.63) is 71.4 Å². The Kier molecular flexibility index (Phi) is 5.47. The van der Waals surface area contributed by atoms with E-state index in [1.807, 2.05) is 54.2 Å². The summed E-state index contributed by atoms with van der Waals surface area (Å²) in [6, 6.07) is 15.6. The van der Waals surface area contributed by atoms with Gasteiger partial charge in [0, 0.05) is 36.3 Å². The summed E-state index contributed by atoms with van der Waals surface area (Å²) in [5.41, 5.74) is 4.02. The van der Waals surface area contributed by atoms with Gasteiger partial charge < -0.3 is 20.1 Å². The third kappa shape index (κ3) is 3.91. The molecular weight excluding hydrogens is 400 g/mol. The Morgan fingerprint density at radius 3 is 2.72 bits per heavy atom. The molecule has 6 nitrogen and oxygen atoms in total. The number of amides is 2. The zero-order chi connectivity index (χ0) is 22.2. The van der Waals surface area contributed by atoms with Crippen LogP contribution in [0.25, 0.3) is 10.9 Å². The molecule has 0 unspecified atom stereocenters. The van der Waals surface area contributed by atoms with E-state index in [0.717, 1.165) is 42.4 Å². The fourth-order valence-corrected chi connectivity index (χ4v) is 5.23. The van der Waals surface area contributed by atoms with Crippen LogP contribution < -0.4 is 10.6 Å². The van der Waals surface area contributed by atoms with Crippen molar-refractivity contribution in [2.75, 3.05) is 20.1 Å². The van der Waals surface area contributed by atoms with Crippen molar-refractivity contribution in [3.63, 3.8) is 0 Å². The van der Waals surface area contributed by atoms with Crippen LogP contribution in [0.2, 0.25) is 0 Å². The first kappa shape index (κ1) is 20.8. The number of benzene rings is 2. The quantitative estimate of drug-likeness (QED) is 0.669. The van der Waals surface area contributed by atoms with E-state index in [0.29, 0.717) is 12.0 Å². The molecule has 0 bridgehead atoms. The second-order valence-electron chi connectivity index (χ2n) is 9.27. The summed E-state index contributed by atoms with van der Waals surface area (Å²) < 4.78 is 2.04. The third-order valence-corrected chi connectivity index (χ3v) is 6.99. The fourth-order valence-electron chi connectivity index (χ4n) is 5.23. The van der Waals surface area contributed by atoms with Gasteiger partial charge in [0.25, 0.3) is 5.91 Å². The van der Waals surface area contributed by atoms with Crippen LogP contribution in [-0.4, -0.2) is 47.5 Å². The van der Waals surface area contributed by atoms with Crippen LogP contribution in [0.3, 0.4) is 0 Å². The van der Waals surface area contributed by atoms with Crippen LogP contribution in [0.1, 0.15) is 40.4 Å². The zero-order valence-corrected chi connectivity index (χ0v) is 18.7. The molecule has 0 spiro atoms. The maximum atomic E-state index is 13.1. The highest BCUT2D eigenvalue weighted by Crippen LogP contribution is 2.32. The highest BCUT2D eigenvalue weighted by atomic mass is 16.2. The Labute approximate surface area is 188 Å². The molecule has 2 heterocycles. The first-order chi connectivity index (χ1) is 15.5. The molecule has 0 saturated carbocycles. The fraction of sp³-hybridized carbons (Fsp3) is 0.385. The SMILES string of the molecule is CN1CCC[C@H](C(=O)N[C@H]2c3ccccc3C[C@@H]2NC(=O)c2ccc3c(ccn3C)c2)C1. The van der Waals surface area contributed by atoms with Crippen LogP contribution >= 0.6 is 0 Å². The predicted octanol–water partition coefficient (Wildman–Crippen LogP) is 3.03. The average Bonchev–Trinajstić information content (AvgIpc) is 3.33. The van der Waals surface area contributed by atoms with E-state index in [1.54, 1.807) is 0 Å². The average molecular weight is 431 g/mol.